The van der Waals surface area contributed by atoms with Gasteiger partial charge in [0.25, 0.3) is 0 Å². The summed E-state index contributed by atoms with van der Waals surface area (Å²) in [7, 11) is -0.975. The molecule has 130 valence electrons. The smallest absolute Gasteiger partial charge is 0.371 e. The third kappa shape index (κ3) is 3.20. The van der Waals surface area contributed by atoms with Crippen molar-refractivity contribution in [2.24, 2.45) is 5.92 Å². The number of rotatable bonds is 4. The average Bonchev–Trinajstić information content (AvgIpc) is 2.53. The molecule has 0 saturated heterocycles. The van der Waals surface area contributed by atoms with Gasteiger partial charge in [-0.25, -0.2) is 0 Å². The summed E-state index contributed by atoms with van der Waals surface area (Å²) in [6, 6.07) is 4.86. The summed E-state index contributed by atoms with van der Waals surface area (Å²) in [5, 5.41) is 0.642. The molecule has 1 atom stereocenters. The van der Waals surface area contributed by atoms with E-state index in [2.05, 4.69) is 6.92 Å². The predicted octanol–water partition coefficient (Wildman–Crippen LogP) is 2.96. The fourth-order valence-corrected chi connectivity index (χ4v) is 4.83. The van der Waals surface area contributed by atoms with Crippen LogP contribution in [-0.4, -0.2) is 26.8 Å². The maximum Gasteiger partial charge on any atom is 0.384 e. The van der Waals surface area contributed by atoms with Gasteiger partial charge in [-0.2, -0.15) is 12.7 Å². The van der Waals surface area contributed by atoms with Gasteiger partial charge < -0.3 is 4.18 Å². The van der Waals surface area contributed by atoms with Crippen LogP contribution in [0.4, 0.5) is 0 Å². The Morgan fingerprint density at radius 3 is 2.75 bits per heavy atom. The van der Waals surface area contributed by atoms with Crippen LogP contribution in [0.1, 0.15) is 30.2 Å². The van der Waals surface area contributed by atoms with E-state index in [-0.39, 0.29) is 11.2 Å². The van der Waals surface area contributed by atoms with E-state index in [1.807, 2.05) is 0 Å². The Labute approximate surface area is 146 Å². The summed E-state index contributed by atoms with van der Waals surface area (Å²) in [6.45, 7) is 2.18. The lowest BCUT2D eigenvalue weighted by molar-refractivity contribution is 0.422. The second-order valence-corrected chi connectivity index (χ2v) is 9.22. The zero-order valence-electron chi connectivity index (χ0n) is 14.0. The number of benzene rings is 1. The molecule has 1 heterocycles. The number of hydrogen-bond acceptors (Lipinski definition) is 5. The van der Waals surface area contributed by atoms with E-state index in [4.69, 9.17) is 4.18 Å². The minimum absolute atomic E-state index is 0.0790. The molecule has 0 bridgehead atoms. The number of fused-ring (bicyclic) bond motifs is 2. The zero-order valence-corrected chi connectivity index (χ0v) is 15.7. The Morgan fingerprint density at radius 2 is 2.08 bits per heavy atom. The molecule has 0 N–H and O–H groups in total. The van der Waals surface area contributed by atoms with Gasteiger partial charge in [-0.1, -0.05) is 13.3 Å². The first-order valence-corrected chi connectivity index (χ1v) is 10.2. The second-order valence-electron chi connectivity index (χ2n) is 6.33. The fraction of sp³-hybridized carbons (Fsp3) is 0.471. The highest BCUT2D eigenvalue weighted by Crippen LogP contribution is 2.33. The van der Waals surface area contributed by atoms with Crippen LogP contribution in [0.5, 0.6) is 5.75 Å². The molecule has 1 aliphatic carbocycles. The van der Waals surface area contributed by atoms with Gasteiger partial charge >= 0.3 is 10.3 Å². The molecular formula is C17H21NO4S2. The molecule has 24 heavy (non-hydrogen) atoms. The van der Waals surface area contributed by atoms with Gasteiger partial charge in [-0.3, -0.25) is 4.79 Å². The zero-order chi connectivity index (χ0) is 17.5. The van der Waals surface area contributed by atoms with Gasteiger partial charge in [0, 0.05) is 34.6 Å². The van der Waals surface area contributed by atoms with E-state index in [0.29, 0.717) is 11.3 Å². The van der Waals surface area contributed by atoms with Crippen LogP contribution in [0.15, 0.2) is 23.0 Å². The summed E-state index contributed by atoms with van der Waals surface area (Å²) >= 11 is 1.58. The molecule has 0 radical (unpaired) electrons. The Morgan fingerprint density at radius 1 is 1.33 bits per heavy atom. The van der Waals surface area contributed by atoms with Crippen molar-refractivity contribution in [3.63, 3.8) is 0 Å². The number of hydrogen-bond donors (Lipinski definition) is 0. The molecule has 0 amide bonds. The van der Waals surface area contributed by atoms with E-state index < -0.39 is 10.3 Å². The standard InChI is InChI=1S/C17H21NO4S2/c1-4-11-5-7-13-15(9-11)23-16-10-12(6-8-14(16)17(13)19)22-24(20,21)18(2)3/h6,8,10-11H,4-5,7,9H2,1-3H3. The van der Waals surface area contributed by atoms with Gasteiger partial charge in [0.15, 0.2) is 5.43 Å². The molecule has 1 unspecified atom stereocenters. The molecule has 1 aliphatic rings. The van der Waals surface area contributed by atoms with E-state index in [9.17, 15) is 13.2 Å². The molecule has 0 spiro atoms. The second kappa shape index (κ2) is 6.46. The molecule has 7 heteroatoms. The highest BCUT2D eigenvalue weighted by atomic mass is 32.2. The van der Waals surface area contributed by atoms with Crippen molar-refractivity contribution >= 4 is 31.7 Å². The molecular weight excluding hydrogens is 346 g/mol. The van der Waals surface area contributed by atoms with Gasteiger partial charge in [0.1, 0.15) is 5.75 Å². The van der Waals surface area contributed by atoms with Crippen molar-refractivity contribution in [3.8, 4) is 5.75 Å². The summed E-state index contributed by atoms with van der Waals surface area (Å²) in [6.07, 6.45) is 3.96. The first kappa shape index (κ1) is 17.4. The lowest BCUT2D eigenvalue weighted by atomic mass is 9.87. The van der Waals surface area contributed by atoms with Crippen LogP contribution in [0.2, 0.25) is 0 Å². The van der Waals surface area contributed by atoms with Crippen molar-refractivity contribution in [2.45, 2.75) is 32.6 Å². The van der Waals surface area contributed by atoms with Crippen LogP contribution in [0.3, 0.4) is 0 Å². The number of nitrogens with zero attached hydrogens (tertiary/aromatic N) is 1. The highest BCUT2D eigenvalue weighted by Gasteiger charge is 2.22. The normalized spacial score (nSPS) is 17.9. The predicted molar refractivity (Wildman–Crippen MR) is 97.1 cm³/mol. The quantitative estimate of drug-likeness (QED) is 0.833. The van der Waals surface area contributed by atoms with E-state index >= 15 is 0 Å². The third-order valence-corrected chi connectivity index (χ3v) is 7.06. The largest absolute Gasteiger partial charge is 0.384 e. The highest BCUT2D eigenvalue weighted by molar-refractivity contribution is 7.84. The average molecular weight is 367 g/mol. The summed E-state index contributed by atoms with van der Waals surface area (Å²) in [5.41, 5.74) is 1.02. The lowest BCUT2D eigenvalue weighted by Gasteiger charge is -2.22. The van der Waals surface area contributed by atoms with Gasteiger partial charge in [0.05, 0.1) is 0 Å². The maximum absolute atomic E-state index is 12.7. The molecule has 0 aliphatic heterocycles. The van der Waals surface area contributed by atoms with Crippen LogP contribution in [0.25, 0.3) is 10.1 Å². The van der Waals surface area contributed by atoms with Gasteiger partial charge in [-0.05, 0) is 43.4 Å². The van der Waals surface area contributed by atoms with Gasteiger partial charge in [-0.15, -0.1) is 11.3 Å². The van der Waals surface area contributed by atoms with E-state index in [1.54, 1.807) is 29.5 Å². The van der Waals surface area contributed by atoms with Crippen molar-refractivity contribution < 1.29 is 12.6 Å². The van der Waals surface area contributed by atoms with Crippen molar-refractivity contribution in [1.29, 1.82) is 0 Å². The maximum atomic E-state index is 12.7. The van der Waals surface area contributed by atoms with E-state index in [1.165, 1.54) is 14.1 Å². The van der Waals surface area contributed by atoms with E-state index in [0.717, 1.165) is 45.1 Å². The summed E-state index contributed by atoms with van der Waals surface area (Å²) < 4.78 is 30.6. The molecule has 2 aromatic rings. The molecule has 0 fully saturated rings. The first-order valence-electron chi connectivity index (χ1n) is 8.02. The SMILES string of the molecule is CCC1CCc2c(sc3cc(OS(=O)(=O)N(C)C)ccc3c2=O)C1. The lowest BCUT2D eigenvalue weighted by Crippen LogP contribution is -2.27. The van der Waals surface area contributed by atoms with Crippen LogP contribution >= 0.6 is 11.3 Å². The topological polar surface area (TPSA) is 63.7 Å². The van der Waals surface area contributed by atoms with Crippen molar-refractivity contribution in [2.75, 3.05) is 14.1 Å². The Bertz CT molecular complexity index is 931. The van der Waals surface area contributed by atoms with Gasteiger partial charge in [0.2, 0.25) is 0 Å². The third-order valence-electron chi connectivity index (χ3n) is 4.54. The monoisotopic (exact) mass is 367 g/mol. The fourth-order valence-electron chi connectivity index (χ4n) is 2.99. The molecule has 1 aromatic heterocycles. The Kier molecular flexibility index (Phi) is 4.68. The van der Waals surface area contributed by atoms with Crippen molar-refractivity contribution in [3.05, 3.63) is 38.9 Å². The minimum Gasteiger partial charge on any atom is -0.371 e. The molecule has 1 aromatic carbocycles. The Hall–Kier alpha value is -1.44. The Balaban J connectivity index is 2.06. The molecule has 5 nitrogen and oxygen atoms in total. The summed E-state index contributed by atoms with van der Waals surface area (Å²) in [4.78, 5) is 13.8. The molecule has 3 rings (SSSR count). The van der Waals surface area contributed by atoms with Crippen LogP contribution < -0.4 is 9.61 Å². The minimum atomic E-state index is -3.80. The molecule has 0 saturated carbocycles. The van der Waals surface area contributed by atoms with Crippen LogP contribution in [-0.2, 0) is 23.1 Å². The van der Waals surface area contributed by atoms with Crippen LogP contribution in [0, 0.1) is 5.92 Å². The summed E-state index contributed by atoms with van der Waals surface area (Å²) in [5.74, 6) is 0.855. The first-order chi connectivity index (χ1) is 11.3. The van der Waals surface area contributed by atoms with Crippen molar-refractivity contribution in [1.82, 2.24) is 4.31 Å².